The summed E-state index contributed by atoms with van der Waals surface area (Å²) in [6, 6.07) is 6.28. The van der Waals surface area contributed by atoms with Gasteiger partial charge in [-0.25, -0.2) is 4.79 Å². The number of rotatable bonds is 5. The van der Waals surface area contributed by atoms with Crippen molar-refractivity contribution in [1.29, 1.82) is 0 Å². The average Bonchev–Trinajstić information content (AvgIpc) is 2.76. The fourth-order valence-electron chi connectivity index (χ4n) is 4.52. The minimum Gasteiger partial charge on any atom is -0.496 e. The zero-order valence-electron chi connectivity index (χ0n) is 17.5. The lowest BCUT2D eigenvalue weighted by atomic mass is 9.94. The van der Waals surface area contributed by atoms with Gasteiger partial charge in [-0.3, -0.25) is 14.5 Å². The van der Waals surface area contributed by atoms with Gasteiger partial charge in [-0.15, -0.1) is 0 Å². The number of benzene rings is 1. The van der Waals surface area contributed by atoms with Crippen molar-refractivity contribution in [3.8, 4) is 5.75 Å². The van der Waals surface area contributed by atoms with E-state index in [9.17, 15) is 14.4 Å². The molecule has 0 spiro atoms. The third kappa shape index (κ3) is 3.86. The van der Waals surface area contributed by atoms with Gasteiger partial charge in [0.05, 0.1) is 18.0 Å². The van der Waals surface area contributed by atoms with Crippen LogP contribution in [0.4, 0.5) is 0 Å². The van der Waals surface area contributed by atoms with Gasteiger partial charge in [0.25, 0.3) is 5.56 Å². The molecule has 4 rings (SSSR count). The van der Waals surface area contributed by atoms with Crippen LogP contribution in [0.3, 0.4) is 0 Å². The number of piperidine rings is 1. The third-order valence-corrected chi connectivity index (χ3v) is 6.02. The van der Waals surface area contributed by atoms with Gasteiger partial charge < -0.3 is 19.8 Å². The van der Waals surface area contributed by atoms with Crippen LogP contribution in [0.2, 0.25) is 0 Å². The second-order valence-electron chi connectivity index (χ2n) is 7.91. The molecule has 3 heterocycles. The molecule has 1 fully saturated rings. The van der Waals surface area contributed by atoms with Crippen molar-refractivity contribution in [3.63, 3.8) is 0 Å². The molecule has 3 aromatic rings. The smallest absolute Gasteiger partial charge is 0.352 e. The van der Waals surface area contributed by atoms with Crippen molar-refractivity contribution < 1.29 is 14.6 Å². The highest BCUT2D eigenvalue weighted by molar-refractivity contribution is 5.87. The number of likely N-dealkylation sites (tertiary alicyclic amines) is 1. The van der Waals surface area contributed by atoms with Crippen LogP contribution in [0.1, 0.15) is 52.5 Å². The van der Waals surface area contributed by atoms with Crippen LogP contribution in [-0.2, 0) is 6.54 Å². The molecule has 1 aromatic carbocycles. The fourth-order valence-corrected chi connectivity index (χ4v) is 4.52. The molecule has 1 saturated heterocycles. The normalized spacial score (nSPS) is 17.0. The Hall–Kier alpha value is -3.39. The van der Waals surface area contributed by atoms with Crippen molar-refractivity contribution in [2.75, 3.05) is 13.7 Å². The van der Waals surface area contributed by atoms with Gasteiger partial charge in [0.2, 0.25) is 0 Å². The summed E-state index contributed by atoms with van der Waals surface area (Å²) < 4.78 is 5.62. The van der Waals surface area contributed by atoms with E-state index in [1.54, 1.807) is 19.4 Å². The Morgan fingerprint density at radius 3 is 2.77 bits per heavy atom. The maximum absolute atomic E-state index is 12.8. The molecule has 8 heteroatoms. The van der Waals surface area contributed by atoms with Gasteiger partial charge in [-0.2, -0.15) is 0 Å². The number of carboxylic acids is 1. The largest absolute Gasteiger partial charge is 0.496 e. The molecule has 2 aromatic heterocycles. The lowest BCUT2D eigenvalue weighted by molar-refractivity contribution is 0.0690. The monoisotopic (exact) mass is 423 g/mol. The second-order valence-corrected chi connectivity index (χ2v) is 7.91. The van der Waals surface area contributed by atoms with E-state index in [0.717, 1.165) is 42.5 Å². The third-order valence-electron chi connectivity index (χ3n) is 6.02. The van der Waals surface area contributed by atoms with Crippen LogP contribution < -0.4 is 15.7 Å². The number of carbonyl (C=O) groups is 1. The van der Waals surface area contributed by atoms with Gasteiger partial charge in [0.15, 0.2) is 5.43 Å². The number of ether oxygens (including phenoxy) is 1. The molecule has 1 aliphatic heterocycles. The number of aryl methyl sites for hydroxylation is 1. The van der Waals surface area contributed by atoms with Crippen LogP contribution in [0.15, 0.2) is 40.1 Å². The Morgan fingerprint density at radius 1 is 1.26 bits per heavy atom. The molecule has 1 aliphatic rings. The number of carboxylic acid groups (broad SMARTS) is 1. The summed E-state index contributed by atoms with van der Waals surface area (Å²) in [5, 5.41) is 9.73. The predicted molar refractivity (Wildman–Crippen MR) is 117 cm³/mol. The Labute approximate surface area is 178 Å². The number of aromatic amines is 2. The highest BCUT2D eigenvalue weighted by atomic mass is 16.5. The van der Waals surface area contributed by atoms with Gasteiger partial charge in [-0.1, -0.05) is 6.42 Å². The van der Waals surface area contributed by atoms with E-state index in [0.29, 0.717) is 23.2 Å². The van der Waals surface area contributed by atoms with Crippen molar-refractivity contribution in [2.45, 2.75) is 38.8 Å². The lowest BCUT2D eigenvalue weighted by Gasteiger charge is -2.36. The first kappa shape index (κ1) is 20.9. The first-order valence-electron chi connectivity index (χ1n) is 10.3. The number of hydrogen-bond acceptors (Lipinski definition) is 5. The number of hydrogen-bond donors (Lipinski definition) is 3. The number of methoxy groups -OCH3 is 1. The topological polar surface area (TPSA) is 115 Å². The summed E-state index contributed by atoms with van der Waals surface area (Å²) in [7, 11) is 1.59. The molecule has 0 radical (unpaired) electrons. The van der Waals surface area contributed by atoms with Crippen molar-refractivity contribution >= 4 is 16.9 Å². The van der Waals surface area contributed by atoms with Crippen molar-refractivity contribution in [3.05, 3.63) is 73.4 Å². The van der Waals surface area contributed by atoms with Crippen molar-refractivity contribution in [1.82, 2.24) is 14.9 Å². The summed E-state index contributed by atoms with van der Waals surface area (Å²) in [6.45, 7) is 3.13. The number of H-pyrrole nitrogens is 2. The van der Waals surface area contributed by atoms with Gasteiger partial charge >= 0.3 is 5.97 Å². The number of nitrogens with one attached hydrogen (secondary N) is 2. The van der Waals surface area contributed by atoms with Gasteiger partial charge in [0.1, 0.15) is 11.4 Å². The number of fused-ring (bicyclic) bond motifs is 1. The van der Waals surface area contributed by atoms with E-state index in [2.05, 4.69) is 14.9 Å². The standard InChI is InChI=1S/C23H25N3O5/c1-13-11-19(31-2)15(20-18(27)8-9-24-21(13)20)12-26-10-4-3-5-17(26)14-6-7-16(23(29)30)25-22(14)28/h6-9,11,17H,3-5,10,12H2,1-2H3,(H,24,27)(H,25,28)(H,29,30). The van der Waals surface area contributed by atoms with Gasteiger partial charge in [-0.05, 0) is 50.1 Å². The molecule has 8 nitrogen and oxygen atoms in total. The Morgan fingerprint density at radius 2 is 2.06 bits per heavy atom. The highest BCUT2D eigenvalue weighted by Gasteiger charge is 2.28. The van der Waals surface area contributed by atoms with E-state index >= 15 is 0 Å². The van der Waals surface area contributed by atoms with E-state index < -0.39 is 11.5 Å². The van der Waals surface area contributed by atoms with Gasteiger partial charge in [0, 0.05) is 36.0 Å². The van der Waals surface area contributed by atoms with E-state index in [-0.39, 0.29) is 17.2 Å². The SMILES string of the molecule is COc1cc(C)c2[nH]ccc(=O)c2c1CN1CCCCC1c1ccc(C(=O)O)[nH]c1=O. The molecular weight excluding hydrogens is 398 g/mol. The maximum Gasteiger partial charge on any atom is 0.352 e. The Balaban J connectivity index is 1.79. The molecule has 0 saturated carbocycles. The summed E-state index contributed by atoms with van der Waals surface area (Å²) in [5.41, 5.74) is 2.42. The van der Waals surface area contributed by atoms with E-state index in [4.69, 9.17) is 9.84 Å². The lowest BCUT2D eigenvalue weighted by Crippen LogP contribution is -2.36. The number of aromatic nitrogens is 2. The van der Waals surface area contributed by atoms with Crippen LogP contribution in [0, 0.1) is 6.92 Å². The van der Waals surface area contributed by atoms with Crippen LogP contribution in [-0.4, -0.2) is 39.6 Å². The molecule has 162 valence electrons. The first-order valence-corrected chi connectivity index (χ1v) is 10.3. The molecule has 0 bridgehead atoms. The van der Waals surface area contributed by atoms with E-state index in [1.807, 2.05) is 13.0 Å². The molecule has 0 amide bonds. The zero-order valence-corrected chi connectivity index (χ0v) is 17.5. The Kier molecular flexibility index (Phi) is 5.65. The molecule has 0 aliphatic carbocycles. The summed E-state index contributed by atoms with van der Waals surface area (Å²) >= 11 is 0. The average molecular weight is 423 g/mol. The van der Waals surface area contributed by atoms with E-state index in [1.165, 1.54) is 12.1 Å². The highest BCUT2D eigenvalue weighted by Crippen LogP contribution is 2.35. The zero-order chi connectivity index (χ0) is 22.1. The Bertz CT molecular complexity index is 1260. The minimum atomic E-state index is -1.17. The minimum absolute atomic E-state index is 0.0806. The maximum atomic E-state index is 12.8. The summed E-state index contributed by atoms with van der Waals surface area (Å²) in [5.74, 6) is -0.527. The van der Waals surface area contributed by atoms with Crippen LogP contribution >= 0.6 is 0 Å². The molecule has 31 heavy (non-hydrogen) atoms. The number of nitrogens with zero attached hydrogens (tertiary/aromatic N) is 1. The molecule has 1 atom stereocenters. The summed E-state index contributed by atoms with van der Waals surface area (Å²) in [4.78, 5) is 44.4. The van der Waals surface area contributed by atoms with Crippen LogP contribution in [0.5, 0.6) is 5.75 Å². The fraction of sp³-hybridized carbons (Fsp3) is 0.348. The summed E-state index contributed by atoms with van der Waals surface area (Å²) in [6.07, 6.45) is 4.36. The number of pyridine rings is 2. The van der Waals surface area contributed by atoms with Crippen molar-refractivity contribution in [2.24, 2.45) is 0 Å². The first-order chi connectivity index (χ1) is 14.9. The van der Waals surface area contributed by atoms with Crippen LogP contribution in [0.25, 0.3) is 10.9 Å². The number of aromatic carboxylic acids is 1. The molecule has 3 N–H and O–H groups in total. The quantitative estimate of drug-likeness (QED) is 0.581. The predicted octanol–water partition coefficient (Wildman–Crippen LogP) is 2.96. The second kappa shape index (κ2) is 8.39. The molecule has 1 unspecified atom stereocenters. The molecular formula is C23H25N3O5.